The van der Waals surface area contributed by atoms with Crippen LogP contribution in [0.1, 0.15) is 55.3 Å². The summed E-state index contributed by atoms with van der Waals surface area (Å²) in [4.78, 5) is 10.2. The maximum Gasteiger partial charge on any atom is 0.335 e. The highest BCUT2D eigenvalue weighted by atomic mass is 16.4. The Balaban J connectivity index is 0.000000367. The molecule has 0 aliphatic rings. The number of carbonyl (C=O) groups is 1. The van der Waals surface area contributed by atoms with Gasteiger partial charge in [-0.25, -0.2) is 4.79 Å². The number of hydrogen-bond donors (Lipinski definition) is 3. The Morgan fingerprint density at radius 1 is 0.750 bits per heavy atom. The Labute approximate surface area is 121 Å². The Morgan fingerprint density at radius 3 is 1.45 bits per heavy atom. The van der Waals surface area contributed by atoms with Crippen molar-refractivity contribution in [2.45, 2.75) is 44.9 Å². The van der Waals surface area contributed by atoms with E-state index in [4.69, 9.17) is 15.3 Å². The van der Waals surface area contributed by atoms with Crippen molar-refractivity contribution in [3.63, 3.8) is 0 Å². The first-order valence-electron chi connectivity index (χ1n) is 7.22. The van der Waals surface area contributed by atoms with Gasteiger partial charge in [0, 0.05) is 13.2 Å². The molecular weight excluding hydrogens is 256 g/mol. The van der Waals surface area contributed by atoms with Crippen molar-refractivity contribution in [3.8, 4) is 0 Å². The summed E-state index contributed by atoms with van der Waals surface area (Å²) in [5.74, 6) is -0.879. The van der Waals surface area contributed by atoms with Gasteiger partial charge in [0.05, 0.1) is 5.56 Å². The van der Waals surface area contributed by atoms with Gasteiger partial charge in [-0.1, -0.05) is 50.3 Å². The molecule has 0 atom stereocenters. The van der Waals surface area contributed by atoms with Gasteiger partial charge in [0.1, 0.15) is 0 Å². The quantitative estimate of drug-likeness (QED) is 0.608. The fourth-order valence-electron chi connectivity index (χ4n) is 1.69. The highest BCUT2D eigenvalue weighted by Crippen LogP contribution is 2.06. The van der Waals surface area contributed by atoms with Gasteiger partial charge in [0.25, 0.3) is 0 Å². The molecule has 114 valence electrons. The lowest BCUT2D eigenvalue weighted by molar-refractivity contribution is 0.0697. The SMILES string of the molecule is O=C(O)c1ccccc1.OCCCCCCCCCO. The van der Waals surface area contributed by atoms with Crippen LogP contribution in [-0.2, 0) is 0 Å². The molecule has 4 heteroatoms. The molecule has 0 saturated carbocycles. The van der Waals surface area contributed by atoms with Gasteiger partial charge in [0.15, 0.2) is 0 Å². The average molecular weight is 282 g/mol. The molecule has 0 aromatic heterocycles. The summed E-state index contributed by atoms with van der Waals surface area (Å²) < 4.78 is 0. The van der Waals surface area contributed by atoms with Crippen molar-refractivity contribution in [1.29, 1.82) is 0 Å². The number of carboxylic acids is 1. The number of aromatic carboxylic acids is 1. The maximum atomic E-state index is 10.2. The molecule has 0 heterocycles. The van der Waals surface area contributed by atoms with Crippen molar-refractivity contribution >= 4 is 5.97 Å². The minimum Gasteiger partial charge on any atom is -0.478 e. The van der Waals surface area contributed by atoms with Crippen LogP contribution in [-0.4, -0.2) is 34.5 Å². The van der Waals surface area contributed by atoms with E-state index in [1.807, 2.05) is 0 Å². The zero-order valence-corrected chi connectivity index (χ0v) is 12.0. The summed E-state index contributed by atoms with van der Waals surface area (Å²) in [7, 11) is 0. The predicted molar refractivity (Wildman–Crippen MR) is 79.9 cm³/mol. The van der Waals surface area contributed by atoms with Crippen molar-refractivity contribution in [1.82, 2.24) is 0 Å². The molecule has 0 amide bonds. The van der Waals surface area contributed by atoms with E-state index in [2.05, 4.69) is 0 Å². The summed E-state index contributed by atoms with van der Waals surface area (Å²) in [5.41, 5.74) is 0.331. The van der Waals surface area contributed by atoms with E-state index in [9.17, 15) is 4.79 Å². The van der Waals surface area contributed by atoms with E-state index in [-0.39, 0.29) is 0 Å². The molecule has 1 aromatic rings. The monoisotopic (exact) mass is 282 g/mol. The zero-order valence-electron chi connectivity index (χ0n) is 12.0. The first-order chi connectivity index (χ1) is 9.72. The molecule has 0 aliphatic carbocycles. The molecule has 1 aromatic carbocycles. The molecule has 1 rings (SSSR count). The van der Waals surface area contributed by atoms with E-state index in [1.54, 1.807) is 30.3 Å². The van der Waals surface area contributed by atoms with Crippen LogP contribution in [0.15, 0.2) is 30.3 Å². The molecule has 0 spiro atoms. The summed E-state index contributed by atoms with van der Waals surface area (Å²) in [6, 6.07) is 8.30. The number of benzene rings is 1. The number of aliphatic hydroxyl groups is 2. The number of unbranched alkanes of at least 4 members (excludes halogenated alkanes) is 6. The third-order valence-electron chi connectivity index (χ3n) is 2.84. The van der Waals surface area contributed by atoms with E-state index in [0.29, 0.717) is 18.8 Å². The lowest BCUT2D eigenvalue weighted by atomic mass is 10.1. The van der Waals surface area contributed by atoms with Crippen molar-refractivity contribution in [2.24, 2.45) is 0 Å². The molecule has 4 nitrogen and oxygen atoms in total. The molecular formula is C16H26O4. The summed E-state index contributed by atoms with van der Waals surface area (Å²) in [6.45, 7) is 0.660. The first kappa shape index (κ1) is 18.6. The first-order valence-corrected chi connectivity index (χ1v) is 7.22. The lowest BCUT2D eigenvalue weighted by Gasteiger charge is -1.98. The normalized spacial score (nSPS) is 9.70. The van der Waals surface area contributed by atoms with Crippen molar-refractivity contribution in [3.05, 3.63) is 35.9 Å². The van der Waals surface area contributed by atoms with Crippen LogP contribution in [0, 0.1) is 0 Å². The highest BCUT2D eigenvalue weighted by molar-refractivity contribution is 5.87. The highest BCUT2D eigenvalue weighted by Gasteiger charge is 1.96. The minimum absolute atomic E-state index is 0.330. The summed E-state index contributed by atoms with van der Waals surface area (Å²) in [6.07, 6.45) is 7.89. The number of carboxylic acid groups (broad SMARTS) is 1. The smallest absolute Gasteiger partial charge is 0.335 e. The number of aliphatic hydroxyl groups excluding tert-OH is 2. The summed E-state index contributed by atoms with van der Waals surface area (Å²) in [5, 5.41) is 25.3. The fraction of sp³-hybridized carbons (Fsp3) is 0.562. The zero-order chi connectivity index (χ0) is 15.1. The van der Waals surface area contributed by atoms with Crippen molar-refractivity contribution in [2.75, 3.05) is 13.2 Å². The van der Waals surface area contributed by atoms with Crippen molar-refractivity contribution < 1.29 is 20.1 Å². The van der Waals surface area contributed by atoms with Gasteiger partial charge in [-0.15, -0.1) is 0 Å². The van der Waals surface area contributed by atoms with Crippen LogP contribution in [0.25, 0.3) is 0 Å². The fourth-order valence-corrected chi connectivity index (χ4v) is 1.69. The maximum absolute atomic E-state index is 10.2. The van der Waals surface area contributed by atoms with Gasteiger partial charge in [-0.2, -0.15) is 0 Å². The molecule has 20 heavy (non-hydrogen) atoms. The second kappa shape index (κ2) is 14.0. The van der Waals surface area contributed by atoms with Crippen LogP contribution < -0.4 is 0 Å². The van der Waals surface area contributed by atoms with E-state index >= 15 is 0 Å². The van der Waals surface area contributed by atoms with Gasteiger partial charge >= 0.3 is 5.97 Å². The Morgan fingerprint density at radius 2 is 1.15 bits per heavy atom. The Bertz CT molecular complexity index is 317. The van der Waals surface area contributed by atoms with Gasteiger partial charge in [-0.05, 0) is 25.0 Å². The third-order valence-corrected chi connectivity index (χ3v) is 2.84. The van der Waals surface area contributed by atoms with Crippen LogP contribution in [0.4, 0.5) is 0 Å². The molecule has 0 saturated heterocycles. The van der Waals surface area contributed by atoms with Crippen LogP contribution in [0.5, 0.6) is 0 Å². The molecule has 3 N–H and O–H groups in total. The van der Waals surface area contributed by atoms with Gasteiger partial charge < -0.3 is 15.3 Å². The van der Waals surface area contributed by atoms with E-state index in [1.165, 1.54) is 19.3 Å². The minimum atomic E-state index is -0.879. The van der Waals surface area contributed by atoms with E-state index < -0.39 is 5.97 Å². The number of rotatable bonds is 9. The Hall–Kier alpha value is -1.39. The molecule has 0 bridgehead atoms. The Kier molecular flexibility index (Phi) is 13.1. The summed E-state index contributed by atoms with van der Waals surface area (Å²) >= 11 is 0. The van der Waals surface area contributed by atoms with Crippen LogP contribution >= 0.6 is 0 Å². The third kappa shape index (κ3) is 11.7. The molecule has 0 aliphatic heterocycles. The van der Waals surface area contributed by atoms with Crippen LogP contribution in [0.2, 0.25) is 0 Å². The lowest BCUT2D eigenvalue weighted by Crippen LogP contribution is -1.93. The topological polar surface area (TPSA) is 77.8 Å². The average Bonchev–Trinajstić information content (AvgIpc) is 2.48. The second-order valence-electron chi connectivity index (χ2n) is 4.59. The van der Waals surface area contributed by atoms with Crippen LogP contribution in [0.3, 0.4) is 0 Å². The second-order valence-corrected chi connectivity index (χ2v) is 4.59. The molecule has 0 unspecified atom stereocenters. The standard InChI is InChI=1S/C9H20O2.C7H6O2/c10-8-6-4-2-1-3-5-7-9-11;8-7(9)6-4-2-1-3-5-6/h10-11H,1-9H2;1-5H,(H,8,9). The predicted octanol–water partition coefficient (Wildman–Crippen LogP) is 3.09. The largest absolute Gasteiger partial charge is 0.478 e. The number of hydrogen-bond acceptors (Lipinski definition) is 3. The van der Waals surface area contributed by atoms with Gasteiger partial charge in [-0.3, -0.25) is 0 Å². The van der Waals surface area contributed by atoms with Gasteiger partial charge in [0.2, 0.25) is 0 Å². The molecule has 0 fully saturated rings. The molecule has 0 radical (unpaired) electrons. The van der Waals surface area contributed by atoms with E-state index in [0.717, 1.165) is 25.7 Å².